The molecule has 0 bridgehead atoms. The number of benzene rings is 1. The lowest BCUT2D eigenvalue weighted by Crippen LogP contribution is -2.19. The quantitative estimate of drug-likeness (QED) is 0.856. The van der Waals surface area contributed by atoms with Crippen LogP contribution in [0.1, 0.15) is 10.4 Å². The van der Waals surface area contributed by atoms with Gasteiger partial charge < -0.3 is 15.2 Å². The number of nitrogens with one attached hydrogen (secondary N) is 1. The minimum Gasteiger partial charge on any atom is -0.495 e. The zero-order valence-corrected chi connectivity index (χ0v) is 10.7. The Kier molecular flexibility index (Phi) is 3.99. The zero-order chi connectivity index (χ0) is 14.5. The molecule has 1 aromatic carbocycles. The summed E-state index contributed by atoms with van der Waals surface area (Å²) in [4.78, 5) is 22.8. The second-order valence-corrected chi connectivity index (χ2v) is 3.97. The first-order valence-corrected chi connectivity index (χ1v) is 5.79. The topological polar surface area (TPSA) is 93.5 Å². The molecule has 0 saturated heterocycles. The number of hydrogen-bond acceptors (Lipinski definition) is 4. The third-order valence-electron chi connectivity index (χ3n) is 2.59. The molecular formula is C13H13N3O4. The van der Waals surface area contributed by atoms with E-state index < -0.39 is 5.97 Å². The number of rotatable bonds is 5. The van der Waals surface area contributed by atoms with Crippen LogP contribution in [-0.2, 0) is 11.3 Å². The molecule has 0 spiro atoms. The normalized spacial score (nSPS) is 10.1. The molecule has 0 unspecified atom stereocenters. The van der Waals surface area contributed by atoms with Crippen molar-refractivity contribution in [3.63, 3.8) is 0 Å². The van der Waals surface area contributed by atoms with Gasteiger partial charge in [-0.1, -0.05) is 0 Å². The van der Waals surface area contributed by atoms with E-state index in [-0.39, 0.29) is 18.0 Å². The van der Waals surface area contributed by atoms with Gasteiger partial charge in [0.1, 0.15) is 12.3 Å². The number of amides is 1. The van der Waals surface area contributed by atoms with Crippen LogP contribution < -0.4 is 10.1 Å². The molecule has 104 valence electrons. The smallest absolute Gasteiger partial charge is 0.335 e. The Morgan fingerprint density at radius 2 is 2.25 bits per heavy atom. The number of carbonyl (C=O) groups is 2. The maximum atomic E-state index is 11.9. The summed E-state index contributed by atoms with van der Waals surface area (Å²) >= 11 is 0. The first-order chi connectivity index (χ1) is 9.60. The van der Waals surface area contributed by atoms with E-state index in [4.69, 9.17) is 9.84 Å². The molecule has 0 atom stereocenters. The van der Waals surface area contributed by atoms with E-state index in [1.807, 2.05) is 0 Å². The summed E-state index contributed by atoms with van der Waals surface area (Å²) in [6.07, 6.45) is 3.23. The third-order valence-corrected chi connectivity index (χ3v) is 2.59. The second-order valence-electron chi connectivity index (χ2n) is 3.97. The lowest BCUT2D eigenvalue weighted by Gasteiger charge is -2.11. The highest BCUT2D eigenvalue weighted by Crippen LogP contribution is 2.25. The Morgan fingerprint density at radius 3 is 2.85 bits per heavy atom. The average Bonchev–Trinajstić information content (AvgIpc) is 2.91. The number of anilines is 1. The minimum absolute atomic E-state index is 0.0352. The van der Waals surface area contributed by atoms with Crippen LogP contribution in [0.3, 0.4) is 0 Å². The van der Waals surface area contributed by atoms with Gasteiger partial charge in [-0.3, -0.25) is 9.48 Å². The molecule has 0 aliphatic rings. The Labute approximate surface area is 114 Å². The van der Waals surface area contributed by atoms with Crippen LogP contribution in [0.25, 0.3) is 0 Å². The van der Waals surface area contributed by atoms with Crippen molar-refractivity contribution < 1.29 is 19.4 Å². The molecule has 1 amide bonds. The van der Waals surface area contributed by atoms with Crippen molar-refractivity contribution in [2.24, 2.45) is 0 Å². The van der Waals surface area contributed by atoms with Gasteiger partial charge in [0, 0.05) is 12.4 Å². The minimum atomic E-state index is -1.07. The number of methoxy groups -OCH3 is 1. The van der Waals surface area contributed by atoms with Crippen LogP contribution in [0.2, 0.25) is 0 Å². The second kappa shape index (κ2) is 5.87. The summed E-state index contributed by atoms with van der Waals surface area (Å²) in [6.45, 7) is 0.0352. The Balaban J connectivity index is 2.16. The first-order valence-electron chi connectivity index (χ1n) is 5.79. The molecule has 1 heterocycles. The van der Waals surface area contributed by atoms with Gasteiger partial charge in [-0.15, -0.1) is 0 Å². The summed E-state index contributed by atoms with van der Waals surface area (Å²) in [7, 11) is 1.44. The van der Waals surface area contributed by atoms with Crippen molar-refractivity contribution in [3.05, 3.63) is 42.2 Å². The molecule has 0 saturated carbocycles. The number of nitrogens with zero attached hydrogens (tertiary/aromatic N) is 2. The Morgan fingerprint density at radius 1 is 1.45 bits per heavy atom. The highest BCUT2D eigenvalue weighted by Gasteiger charge is 2.12. The highest BCUT2D eigenvalue weighted by atomic mass is 16.5. The molecule has 7 heteroatoms. The lowest BCUT2D eigenvalue weighted by atomic mass is 10.2. The fourth-order valence-corrected chi connectivity index (χ4v) is 1.67. The number of aromatic nitrogens is 2. The molecule has 7 nitrogen and oxygen atoms in total. The van der Waals surface area contributed by atoms with Gasteiger partial charge in [0.05, 0.1) is 18.4 Å². The van der Waals surface area contributed by atoms with Crippen LogP contribution in [0.4, 0.5) is 5.69 Å². The number of ether oxygens (including phenoxy) is 1. The van der Waals surface area contributed by atoms with E-state index in [2.05, 4.69) is 10.4 Å². The predicted octanol–water partition coefficient (Wildman–Crippen LogP) is 1.23. The molecule has 0 radical (unpaired) electrons. The average molecular weight is 275 g/mol. The molecule has 2 N–H and O–H groups in total. The van der Waals surface area contributed by atoms with E-state index in [1.165, 1.54) is 30.0 Å². The van der Waals surface area contributed by atoms with Gasteiger partial charge in [-0.2, -0.15) is 5.10 Å². The largest absolute Gasteiger partial charge is 0.495 e. The van der Waals surface area contributed by atoms with Gasteiger partial charge in [-0.25, -0.2) is 4.79 Å². The Hall–Kier alpha value is -2.83. The maximum Gasteiger partial charge on any atom is 0.335 e. The zero-order valence-electron chi connectivity index (χ0n) is 10.7. The van der Waals surface area contributed by atoms with Crippen LogP contribution >= 0.6 is 0 Å². The summed E-state index contributed by atoms with van der Waals surface area (Å²) in [5.41, 5.74) is 0.379. The van der Waals surface area contributed by atoms with Crippen molar-refractivity contribution in [2.75, 3.05) is 12.4 Å². The molecule has 20 heavy (non-hydrogen) atoms. The van der Waals surface area contributed by atoms with E-state index in [1.54, 1.807) is 18.5 Å². The highest BCUT2D eigenvalue weighted by molar-refractivity contribution is 5.95. The predicted molar refractivity (Wildman–Crippen MR) is 70.8 cm³/mol. The van der Waals surface area contributed by atoms with Crippen molar-refractivity contribution in [1.82, 2.24) is 9.78 Å². The van der Waals surface area contributed by atoms with Crippen molar-refractivity contribution in [3.8, 4) is 5.75 Å². The monoisotopic (exact) mass is 275 g/mol. The van der Waals surface area contributed by atoms with Gasteiger partial charge >= 0.3 is 5.97 Å². The molecule has 0 aliphatic carbocycles. The molecule has 2 rings (SSSR count). The van der Waals surface area contributed by atoms with Gasteiger partial charge in [0.25, 0.3) is 0 Å². The first kappa shape index (κ1) is 13.6. The van der Waals surface area contributed by atoms with Crippen molar-refractivity contribution in [1.29, 1.82) is 0 Å². The summed E-state index contributed by atoms with van der Waals surface area (Å²) < 4.78 is 6.55. The Bertz CT molecular complexity index is 623. The van der Waals surface area contributed by atoms with Gasteiger partial charge in [0.15, 0.2) is 0 Å². The van der Waals surface area contributed by atoms with Crippen LogP contribution in [0, 0.1) is 0 Å². The summed E-state index contributed by atoms with van der Waals surface area (Å²) in [6, 6.07) is 5.96. The maximum absolute atomic E-state index is 11.9. The molecule has 1 aromatic heterocycles. The lowest BCUT2D eigenvalue weighted by molar-refractivity contribution is -0.116. The van der Waals surface area contributed by atoms with E-state index in [9.17, 15) is 9.59 Å². The molecule has 2 aromatic rings. The number of carboxylic acids is 1. The number of carbonyl (C=O) groups excluding carboxylic acids is 1. The molecule has 0 aliphatic heterocycles. The van der Waals surface area contributed by atoms with Crippen LogP contribution in [0.15, 0.2) is 36.7 Å². The van der Waals surface area contributed by atoms with Crippen molar-refractivity contribution >= 4 is 17.6 Å². The fourth-order valence-electron chi connectivity index (χ4n) is 1.67. The third kappa shape index (κ3) is 3.14. The standard InChI is InChI=1S/C13H13N3O4/c1-20-11-4-3-9(13(18)19)7-10(11)15-12(17)8-16-6-2-5-14-16/h2-7H,8H2,1H3,(H,15,17)(H,18,19). The summed E-state index contributed by atoms with van der Waals surface area (Å²) in [5.74, 6) is -1.01. The van der Waals surface area contributed by atoms with Crippen molar-refractivity contribution in [2.45, 2.75) is 6.54 Å². The number of hydrogen-bond donors (Lipinski definition) is 2. The SMILES string of the molecule is COc1ccc(C(=O)O)cc1NC(=O)Cn1cccn1. The molecule has 0 fully saturated rings. The fraction of sp³-hybridized carbons (Fsp3) is 0.154. The summed E-state index contributed by atoms with van der Waals surface area (Å²) in [5, 5.41) is 15.5. The van der Waals surface area contributed by atoms with Gasteiger partial charge in [0.2, 0.25) is 5.91 Å². The van der Waals surface area contributed by atoms with Crippen LogP contribution in [-0.4, -0.2) is 33.9 Å². The number of aromatic carboxylic acids is 1. The molecular weight excluding hydrogens is 262 g/mol. The number of carboxylic acid groups (broad SMARTS) is 1. The van der Waals surface area contributed by atoms with E-state index >= 15 is 0 Å². The van der Waals surface area contributed by atoms with Gasteiger partial charge in [-0.05, 0) is 24.3 Å². The van der Waals surface area contributed by atoms with E-state index in [0.717, 1.165) is 0 Å². The van der Waals surface area contributed by atoms with Crippen LogP contribution in [0.5, 0.6) is 5.75 Å². The van der Waals surface area contributed by atoms with E-state index in [0.29, 0.717) is 11.4 Å².